The van der Waals surface area contributed by atoms with E-state index in [0.717, 1.165) is 0 Å². The number of methoxy groups -OCH3 is 1. The van der Waals surface area contributed by atoms with Crippen molar-refractivity contribution in [3.8, 4) is 0 Å². The number of ether oxygens (including phenoxy) is 1. The van der Waals surface area contributed by atoms with E-state index in [4.69, 9.17) is 22.1 Å². The number of rotatable bonds is 3. The quantitative estimate of drug-likeness (QED) is 0.533. The third kappa shape index (κ3) is 3.15. The summed E-state index contributed by atoms with van der Waals surface area (Å²) in [6.07, 6.45) is 1.43. The van der Waals surface area contributed by atoms with Crippen LogP contribution in [0.15, 0.2) is 40.4 Å². The van der Waals surface area contributed by atoms with Crippen LogP contribution in [0.25, 0.3) is 0 Å². The van der Waals surface area contributed by atoms with Crippen LogP contribution in [0.3, 0.4) is 0 Å². The van der Waals surface area contributed by atoms with Gasteiger partial charge >= 0.3 is 5.97 Å². The fourth-order valence-electron chi connectivity index (χ4n) is 1.38. The minimum absolute atomic E-state index is 0.104. The Morgan fingerprint density at radius 3 is 2.89 bits per heavy atom. The number of esters is 1. The topological polar surface area (TPSA) is 78.1 Å². The number of halogens is 1. The number of carbonyl (C=O) groups is 1. The van der Waals surface area contributed by atoms with Crippen LogP contribution in [0.1, 0.15) is 10.4 Å². The van der Waals surface area contributed by atoms with E-state index in [1.807, 2.05) is 6.07 Å². The molecule has 0 aliphatic carbocycles. The molecule has 0 amide bonds. The van der Waals surface area contributed by atoms with Gasteiger partial charge in [0.15, 0.2) is 0 Å². The fraction of sp³-hybridized carbons (Fsp3) is 0.0833. The average molecular weight is 296 g/mol. The molecule has 2 N–H and O–H groups in total. The Balaban J connectivity index is 2.38. The Hall–Kier alpha value is -1.79. The summed E-state index contributed by atoms with van der Waals surface area (Å²) in [7, 11) is 1.33. The van der Waals surface area contributed by atoms with E-state index in [2.05, 4.69) is 9.97 Å². The lowest BCUT2D eigenvalue weighted by atomic mass is 10.2. The maximum atomic E-state index is 11.7. The van der Waals surface area contributed by atoms with Crippen molar-refractivity contribution < 1.29 is 9.53 Å². The molecule has 0 atom stereocenters. The Kier molecular flexibility index (Phi) is 4.24. The second kappa shape index (κ2) is 5.90. The molecule has 5 nitrogen and oxygen atoms in total. The van der Waals surface area contributed by atoms with Gasteiger partial charge in [-0.05, 0) is 23.7 Å². The van der Waals surface area contributed by atoms with Gasteiger partial charge in [0.2, 0.25) is 5.28 Å². The third-order valence-corrected chi connectivity index (χ3v) is 3.53. The first-order valence-corrected chi connectivity index (χ1v) is 6.44. The van der Waals surface area contributed by atoms with E-state index >= 15 is 0 Å². The average Bonchev–Trinajstić information content (AvgIpc) is 2.42. The first-order valence-electron chi connectivity index (χ1n) is 5.25. The summed E-state index contributed by atoms with van der Waals surface area (Å²) in [6, 6.07) is 7.03. The van der Waals surface area contributed by atoms with Crippen LogP contribution in [0, 0.1) is 0 Å². The highest BCUT2D eigenvalue weighted by molar-refractivity contribution is 7.99. The lowest BCUT2D eigenvalue weighted by Gasteiger charge is -2.08. The highest BCUT2D eigenvalue weighted by Gasteiger charge is 2.14. The van der Waals surface area contributed by atoms with E-state index in [9.17, 15) is 4.79 Å². The molecule has 1 heterocycles. The van der Waals surface area contributed by atoms with Gasteiger partial charge in [-0.1, -0.05) is 23.9 Å². The molecule has 1 aromatic carbocycles. The standard InChI is InChI=1S/C12H10ClN3O2S/c1-18-11(17)7-4-2-3-5-9(7)19-10-8(14)6-15-12(13)16-10/h2-6H,14H2,1H3. The minimum atomic E-state index is -0.415. The molecule has 0 aliphatic heterocycles. The molecule has 0 unspecified atom stereocenters. The van der Waals surface area contributed by atoms with E-state index in [-0.39, 0.29) is 5.28 Å². The van der Waals surface area contributed by atoms with Crippen LogP contribution < -0.4 is 5.73 Å². The van der Waals surface area contributed by atoms with Gasteiger partial charge in [-0.25, -0.2) is 14.8 Å². The summed E-state index contributed by atoms with van der Waals surface area (Å²) in [5, 5.41) is 0.601. The van der Waals surface area contributed by atoms with Crippen molar-refractivity contribution in [2.75, 3.05) is 12.8 Å². The van der Waals surface area contributed by atoms with Crippen molar-refractivity contribution in [1.29, 1.82) is 0 Å². The van der Waals surface area contributed by atoms with Crippen LogP contribution >= 0.6 is 23.4 Å². The summed E-state index contributed by atoms with van der Waals surface area (Å²) in [5.41, 5.74) is 6.62. The van der Waals surface area contributed by atoms with Crippen LogP contribution in [0.4, 0.5) is 5.69 Å². The number of nitrogens with zero attached hydrogens (tertiary/aromatic N) is 2. The Labute approximate surface area is 119 Å². The first-order chi connectivity index (χ1) is 9.11. The maximum Gasteiger partial charge on any atom is 0.339 e. The SMILES string of the molecule is COC(=O)c1ccccc1Sc1nc(Cl)ncc1N. The Bertz CT molecular complexity index is 622. The smallest absolute Gasteiger partial charge is 0.339 e. The highest BCUT2D eigenvalue weighted by Crippen LogP contribution is 2.33. The predicted octanol–water partition coefficient (Wildman–Crippen LogP) is 2.65. The molecule has 0 radical (unpaired) electrons. The van der Waals surface area contributed by atoms with Gasteiger partial charge in [-0.15, -0.1) is 0 Å². The predicted molar refractivity (Wildman–Crippen MR) is 73.4 cm³/mol. The zero-order chi connectivity index (χ0) is 13.8. The molecular formula is C12H10ClN3O2S. The Morgan fingerprint density at radius 1 is 1.42 bits per heavy atom. The normalized spacial score (nSPS) is 10.2. The van der Waals surface area contributed by atoms with Crippen molar-refractivity contribution in [3.63, 3.8) is 0 Å². The summed E-state index contributed by atoms with van der Waals surface area (Å²) in [6.45, 7) is 0. The molecule has 7 heteroatoms. The second-order valence-electron chi connectivity index (χ2n) is 3.49. The number of hydrogen-bond acceptors (Lipinski definition) is 6. The van der Waals surface area contributed by atoms with Gasteiger partial charge in [0.25, 0.3) is 0 Å². The van der Waals surface area contributed by atoms with E-state index in [0.29, 0.717) is 21.2 Å². The molecule has 19 heavy (non-hydrogen) atoms. The molecule has 98 valence electrons. The minimum Gasteiger partial charge on any atom is -0.465 e. The molecule has 0 spiro atoms. The highest BCUT2D eigenvalue weighted by atomic mass is 35.5. The largest absolute Gasteiger partial charge is 0.465 e. The van der Waals surface area contributed by atoms with Gasteiger partial charge in [0, 0.05) is 4.90 Å². The van der Waals surface area contributed by atoms with Gasteiger partial charge < -0.3 is 10.5 Å². The number of anilines is 1. The zero-order valence-electron chi connectivity index (χ0n) is 9.96. The third-order valence-electron chi connectivity index (χ3n) is 2.25. The van der Waals surface area contributed by atoms with E-state index < -0.39 is 5.97 Å². The van der Waals surface area contributed by atoms with Crippen LogP contribution in [0.2, 0.25) is 5.28 Å². The van der Waals surface area contributed by atoms with Crippen molar-refractivity contribution in [1.82, 2.24) is 9.97 Å². The summed E-state index contributed by atoms with van der Waals surface area (Å²) in [4.78, 5) is 20.2. The van der Waals surface area contributed by atoms with Gasteiger partial charge in [-0.2, -0.15) is 0 Å². The number of aromatic nitrogens is 2. The first kappa shape index (κ1) is 13.6. The van der Waals surface area contributed by atoms with Crippen molar-refractivity contribution >= 4 is 35.0 Å². The summed E-state index contributed by atoms with van der Waals surface area (Å²) < 4.78 is 4.73. The number of nitrogen functional groups attached to an aromatic ring is 1. The number of hydrogen-bond donors (Lipinski definition) is 1. The lowest BCUT2D eigenvalue weighted by Crippen LogP contribution is -2.03. The molecule has 2 rings (SSSR count). The molecule has 0 fully saturated rings. The van der Waals surface area contributed by atoms with Gasteiger partial charge in [0.05, 0.1) is 24.6 Å². The van der Waals surface area contributed by atoms with Crippen molar-refractivity contribution in [3.05, 3.63) is 41.3 Å². The van der Waals surface area contributed by atoms with Crippen LogP contribution in [0.5, 0.6) is 0 Å². The molecule has 0 aliphatic rings. The second-order valence-corrected chi connectivity index (χ2v) is 4.86. The molecule has 0 bridgehead atoms. The van der Waals surface area contributed by atoms with E-state index in [1.54, 1.807) is 18.2 Å². The van der Waals surface area contributed by atoms with Crippen LogP contribution in [-0.4, -0.2) is 23.0 Å². The van der Waals surface area contributed by atoms with Crippen LogP contribution in [-0.2, 0) is 4.74 Å². The molecular weight excluding hydrogens is 286 g/mol. The number of nitrogens with two attached hydrogens (primary N) is 1. The molecule has 1 aromatic heterocycles. The molecule has 0 saturated heterocycles. The van der Waals surface area contributed by atoms with Crippen molar-refractivity contribution in [2.24, 2.45) is 0 Å². The van der Waals surface area contributed by atoms with Gasteiger partial charge in [0.1, 0.15) is 5.03 Å². The lowest BCUT2D eigenvalue weighted by molar-refractivity contribution is 0.0597. The number of carbonyl (C=O) groups excluding carboxylic acids is 1. The summed E-state index contributed by atoms with van der Waals surface area (Å²) >= 11 is 6.97. The van der Waals surface area contributed by atoms with E-state index in [1.165, 1.54) is 25.1 Å². The zero-order valence-corrected chi connectivity index (χ0v) is 11.5. The number of benzene rings is 1. The molecule has 2 aromatic rings. The summed E-state index contributed by atoms with van der Waals surface area (Å²) in [5.74, 6) is -0.415. The van der Waals surface area contributed by atoms with Gasteiger partial charge in [-0.3, -0.25) is 0 Å². The molecule has 0 saturated carbocycles. The monoisotopic (exact) mass is 295 g/mol. The van der Waals surface area contributed by atoms with Crippen molar-refractivity contribution in [2.45, 2.75) is 9.92 Å². The maximum absolute atomic E-state index is 11.7. The Morgan fingerprint density at radius 2 is 2.16 bits per heavy atom. The fourth-order valence-corrected chi connectivity index (χ4v) is 2.48.